The van der Waals surface area contributed by atoms with Crippen LogP contribution in [-0.4, -0.2) is 54.0 Å². The highest BCUT2D eigenvalue weighted by molar-refractivity contribution is 5.81. The molecule has 0 bridgehead atoms. The fourth-order valence-corrected chi connectivity index (χ4v) is 3.20. The molecule has 1 aromatic heterocycles. The summed E-state index contributed by atoms with van der Waals surface area (Å²) in [6, 6.07) is 13.0. The summed E-state index contributed by atoms with van der Waals surface area (Å²) < 4.78 is 18.1. The first-order valence-electron chi connectivity index (χ1n) is 9.80. The molecule has 0 aliphatic carbocycles. The van der Waals surface area contributed by atoms with Crippen molar-refractivity contribution >= 4 is 16.9 Å². The van der Waals surface area contributed by atoms with E-state index in [-0.39, 0.29) is 25.6 Å². The standard InChI is InChI=1S/C22H27N3O5/c1-4-20-24-16-8-5-6-9-17(16)25(20)13-21(27)23-12-15(26)14-30-22-18(28-2)10-7-11-19(22)29-3/h5-11,15,26H,4,12-14H2,1-3H3,(H,23,27). The summed E-state index contributed by atoms with van der Waals surface area (Å²) in [6.45, 7) is 2.18. The lowest BCUT2D eigenvalue weighted by molar-refractivity contribution is -0.122. The summed E-state index contributed by atoms with van der Waals surface area (Å²) in [4.78, 5) is 17.0. The van der Waals surface area contributed by atoms with Gasteiger partial charge in [0.2, 0.25) is 11.7 Å². The van der Waals surface area contributed by atoms with E-state index >= 15 is 0 Å². The number of amides is 1. The number of para-hydroxylation sites is 3. The lowest BCUT2D eigenvalue weighted by Gasteiger charge is -2.17. The number of aryl methyl sites for hydroxylation is 1. The predicted octanol–water partition coefficient (Wildman–Crippen LogP) is 2.17. The lowest BCUT2D eigenvalue weighted by Crippen LogP contribution is -2.37. The van der Waals surface area contributed by atoms with Crippen LogP contribution in [0.25, 0.3) is 11.0 Å². The van der Waals surface area contributed by atoms with Crippen molar-refractivity contribution in [2.24, 2.45) is 0 Å². The summed E-state index contributed by atoms with van der Waals surface area (Å²) in [7, 11) is 3.06. The number of hydrogen-bond acceptors (Lipinski definition) is 6. The number of hydrogen-bond donors (Lipinski definition) is 2. The number of rotatable bonds is 10. The molecule has 0 radical (unpaired) electrons. The smallest absolute Gasteiger partial charge is 0.240 e. The highest BCUT2D eigenvalue weighted by Crippen LogP contribution is 2.36. The van der Waals surface area contributed by atoms with Gasteiger partial charge in [0, 0.05) is 13.0 Å². The summed E-state index contributed by atoms with van der Waals surface area (Å²) in [5.41, 5.74) is 1.78. The van der Waals surface area contributed by atoms with E-state index in [2.05, 4.69) is 10.3 Å². The summed E-state index contributed by atoms with van der Waals surface area (Å²) >= 11 is 0. The molecule has 30 heavy (non-hydrogen) atoms. The summed E-state index contributed by atoms with van der Waals surface area (Å²) in [5, 5.41) is 13.0. The van der Waals surface area contributed by atoms with Gasteiger partial charge in [0.15, 0.2) is 11.5 Å². The van der Waals surface area contributed by atoms with Gasteiger partial charge < -0.3 is 29.2 Å². The predicted molar refractivity (Wildman–Crippen MR) is 113 cm³/mol. The SMILES string of the molecule is CCc1nc2ccccc2n1CC(=O)NCC(O)COc1c(OC)cccc1OC. The van der Waals surface area contributed by atoms with Crippen molar-refractivity contribution < 1.29 is 24.1 Å². The number of aromatic nitrogens is 2. The van der Waals surface area contributed by atoms with Crippen molar-refractivity contribution in [1.29, 1.82) is 0 Å². The normalized spacial score (nSPS) is 11.9. The van der Waals surface area contributed by atoms with Crippen molar-refractivity contribution in [3.05, 3.63) is 48.3 Å². The minimum Gasteiger partial charge on any atom is -0.493 e. The second-order valence-electron chi connectivity index (χ2n) is 6.72. The molecular weight excluding hydrogens is 386 g/mol. The first-order chi connectivity index (χ1) is 14.6. The van der Waals surface area contributed by atoms with Gasteiger partial charge in [0.25, 0.3) is 0 Å². The van der Waals surface area contributed by atoms with Crippen LogP contribution >= 0.6 is 0 Å². The van der Waals surface area contributed by atoms with E-state index in [1.54, 1.807) is 18.2 Å². The molecule has 8 heteroatoms. The molecule has 1 unspecified atom stereocenters. The minimum atomic E-state index is -0.895. The summed E-state index contributed by atoms with van der Waals surface area (Å²) in [5.74, 6) is 2.06. The number of aliphatic hydroxyl groups is 1. The van der Waals surface area contributed by atoms with Gasteiger partial charge in [-0.05, 0) is 24.3 Å². The third kappa shape index (κ3) is 4.83. The Bertz CT molecular complexity index is 979. The lowest BCUT2D eigenvalue weighted by atomic mass is 10.3. The Balaban J connectivity index is 1.56. The van der Waals surface area contributed by atoms with E-state index in [1.807, 2.05) is 35.8 Å². The van der Waals surface area contributed by atoms with Gasteiger partial charge in [0.1, 0.15) is 25.1 Å². The molecular formula is C22H27N3O5. The number of methoxy groups -OCH3 is 2. The van der Waals surface area contributed by atoms with Gasteiger partial charge >= 0.3 is 0 Å². The zero-order valence-corrected chi connectivity index (χ0v) is 17.4. The number of benzene rings is 2. The van der Waals surface area contributed by atoms with Crippen LogP contribution in [-0.2, 0) is 17.8 Å². The van der Waals surface area contributed by atoms with Crippen LogP contribution in [0, 0.1) is 0 Å². The Morgan fingerprint density at radius 3 is 2.50 bits per heavy atom. The van der Waals surface area contributed by atoms with E-state index in [1.165, 1.54) is 14.2 Å². The van der Waals surface area contributed by atoms with Crippen molar-refractivity contribution in [2.75, 3.05) is 27.4 Å². The molecule has 0 aliphatic rings. The number of aliphatic hydroxyl groups excluding tert-OH is 1. The maximum absolute atomic E-state index is 12.5. The highest BCUT2D eigenvalue weighted by atomic mass is 16.5. The molecule has 0 saturated heterocycles. The molecule has 0 spiro atoms. The molecule has 0 saturated carbocycles. The molecule has 1 atom stereocenters. The number of carbonyl (C=O) groups is 1. The first-order valence-corrected chi connectivity index (χ1v) is 9.80. The van der Waals surface area contributed by atoms with E-state index in [9.17, 15) is 9.90 Å². The maximum atomic E-state index is 12.5. The van der Waals surface area contributed by atoms with Gasteiger partial charge in [0.05, 0.1) is 25.3 Å². The van der Waals surface area contributed by atoms with Gasteiger partial charge in [-0.25, -0.2) is 4.98 Å². The molecule has 8 nitrogen and oxygen atoms in total. The van der Waals surface area contributed by atoms with Gasteiger partial charge in [-0.1, -0.05) is 25.1 Å². The number of nitrogens with zero attached hydrogens (tertiary/aromatic N) is 2. The highest BCUT2D eigenvalue weighted by Gasteiger charge is 2.16. The molecule has 2 N–H and O–H groups in total. The van der Waals surface area contributed by atoms with Crippen LogP contribution in [0.2, 0.25) is 0 Å². The molecule has 1 amide bonds. The van der Waals surface area contributed by atoms with E-state index in [4.69, 9.17) is 14.2 Å². The number of carbonyl (C=O) groups excluding carboxylic acids is 1. The van der Waals surface area contributed by atoms with Crippen LogP contribution in [0.3, 0.4) is 0 Å². The third-order valence-electron chi connectivity index (χ3n) is 4.69. The van der Waals surface area contributed by atoms with Gasteiger partial charge in [-0.3, -0.25) is 4.79 Å². The average molecular weight is 413 g/mol. The van der Waals surface area contributed by atoms with E-state index < -0.39 is 6.10 Å². The van der Waals surface area contributed by atoms with Crippen molar-refractivity contribution in [3.63, 3.8) is 0 Å². The average Bonchev–Trinajstić information content (AvgIpc) is 3.13. The molecule has 0 aliphatic heterocycles. The molecule has 160 valence electrons. The second-order valence-corrected chi connectivity index (χ2v) is 6.72. The zero-order valence-electron chi connectivity index (χ0n) is 17.4. The Hall–Kier alpha value is -3.26. The maximum Gasteiger partial charge on any atom is 0.240 e. The Morgan fingerprint density at radius 2 is 1.83 bits per heavy atom. The van der Waals surface area contributed by atoms with Gasteiger partial charge in [-0.2, -0.15) is 0 Å². The quantitative estimate of drug-likeness (QED) is 0.529. The fraction of sp³-hybridized carbons (Fsp3) is 0.364. The van der Waals surface area contributed by atoms with Crippen LogP contribution in [0.1, 0.15) is 12.7 Å². The number of nitrogens with one attached hydrogen (secondary N) is 1. The zero-order chi connectivity index (χ0) is 21.5. The molecule has 2 aromatic carbocycles. The van der Waals surface area contributed by atoms with Crippen molar-refractivity contribution in [1.82, 2.24) is 14.9 Å². The van der Waals surface area contributed by atoms with Crippen molar-refractivity contribution in [3.8, 4) is 17.2 Å². The third-order valence-corrected chi connectivity index (χ3v) is 4.69. The molecule has 3 rings (SSSR count). The first kappa shape index (κ1) is 21.4. The monoisotopic (exact) mass is 413 g/mol. The van der Waals surface area contributed by atoms with Crippen LogP contribution in [0.4, 0.5) is 0 Å². The fourth-order valence-electron chi connectivity index (χ4n) is 3.20. The van der Waals surface area contributed by atoms with Crippen LogP contribution in [0.15, 0.2) is 42.5 Å². The van der Waals surface area contributed by atoms with Crippen molar-refractivity contribution in [2.45, 2.75) is 26.0 Å². The minimum absolute atomic E-state index is 0.0226. The number of fused-ring (bicyclic) bond motifs is 1. The molecule has 3 aromatic rings. The van der Waals surface area contributed by atoms with E-state index in [0.717, 1.165) is 23.3 Å². The molecule has 1 heterocycles. The topological polar surface area (TPSA) is 94.8 Å². The largest absolute Gasteiger partial charge is 0.493 e. The Labute approximate surface area is 175 Å². The number of imidazole rings is 1. The molecule has 0 fully saturated rings. The number of ether oxygens (including phenoxy) is 3. The Kier molecular flexibility index (Phi) is 7.13. The van der Waals surface area contributed by atoms with Gasteiger partial charge in [-0.15, -0.1) is 0 Å². The summed E-state index contributed by atoms with van der Waals surface area (Å²) in [6.07, 6.45) is -0.173. The second kappa shape index (κ2) is 9.98. The van der Waals surface area contributed by atoms with E-state index in [0.29, 0.717) is 17.2 Å². The Morgan fingerprint density at radius 1 is 1.13 bits per heavy atom. The van der Waals surface area contributed by atoms with Crippen LogP contribution < -0.4 is 19.5 Å². The van der Waals surface area contributed by atoms with Crippen LogP contribution in [0.5, 0.6) is 17.2 Å².